The fraction of sp³-hybridized carbons (Fsp3) is 0.600. The highest BCUT2D eigenvalue weighted by Crippen LogP contribution is 2.22. The molecule has 0 saturated heterocycles. The van der Waals surface area contributed by atoms with Gasteiger partial charge in [-0.15, -0.1) is 0 Å². The number of unbranched alkanes of at least 4 members (excludes halogenated alkanes) is 3. The first kappa shape index (κ1) is 17.3. The normalized spacial score (nSPS) is 11.0. The Bertz CT molecular complexity index is 402. The predicted molar refractivity (Wildman–Crippen MR) is 78.3 cm³/mol. The molecule has 0 heterocycles. The summed E-state index contributed by atoms with van der Waals surface area (Å²) in [5.74, 6) is -1.72. The van der Waals surface area contributed by atoms with Crippen LogP contribution in [0.3, 0.4) is 0 Å². The van der Waals surface area contributed by atoms with Crippen molar-refractivity contribution in [1.29, 1.82) is 0 Å². The molecular weight excluding hydrogens is 284 g/mol. The Morgan fingerprint density at radius 2 is 1.75 bits per heavy atom. The van der Waals surface area contributed by atoms with Crippen LogP contribution in [0.2, 0.25) is 5.02 Å². The van der Waals surface area contributed by atoms with E-state index >= 15 is 0 Å². The van der Waals surface area contributed by atoms with E-state index in [-0.39, 0.29) is 0 Å². The minimum Gasteiger partial charge on any atom is -0.383 e. The molecule has 1 N–H and O–H groups in total. The monoisotopic (exact) mass is 305 g/mol. The van der Waals surface area contributed by atoms with Crippen LogP contribution in [0.5, 0.6) is 0 Å². The van der Waals surface area contributed by atoms with Crippen LogP contribution in [0.25, 0.3) is 0 Å². The predicted octanol–water partition coefficient (Wildman–Crippen LogP) is 3.96. The van der Waals surface area contributed by atoms with Gasteiger partial charge >= 0.3 is 0 Å². The second-order valence-corrected chi connectivity index (χ2v) is 5.17. The van der Waals surface area contributed by atoms with Crippen molar-refractivity contribution < 1.29 is 13.5 Å². The zero-order chi connectivity index (χ0) is 14.8. The average molecular weight is 306 g/mol. The summed E-state index contributed by atoms with van der Waals surface area (Å²) < 4.78 is 30.9. The third-order valence-corrected chi connectivity index (χ3v) is 3.47. The van der Waals surface area contributed by atoms with Gasteiger partial charge in [0.1, 0.15) is 0 Å². The smallest absolute Gasteiger partial charge is 0.160 e. The van der Waals surface area contributed by atoms with E-state index in [0.29, 0.717) is 17.0 Å². The van der Waals surface area contributed by atoms with Crippen LogP contribution in [-0.4, -0.2) is 26.8 Å². The molecule has 0 aromatic heterocycles. The number of halogens is 3. The molecule has 0 aliphatic rings. The third-order valence-electron chi connectivity index (χ3n) is 3.12. The van der Waals surface area contributed by atoms with Gasteiger partial charge in [0.2, 0.25) is 0 Å². The van der Waals surface area contributed by atoms with Crippen molar-refractivity contribution in [3.05, 3.63) is 34.4 Å². The summed E-state index contributed by atoms with van der Waals surface area (Å²) >= 11 is 5.88. The van der Waals surface area contributed by atoms with Gasteiger partial charge in [0.15, 0.2) is 11.6 Å². The second-order valence-electron chi connectivity index (χ2n) is 4.76. The van der Waals surface area contributed by atoms with Gasteiger partial charge in [-0.05, 0) is 43.5 Å². The lowest BCUT2D eigenvalue weighted by molar-refractivity contribution is 0.199. The molecule has 1 rings (SSSR count). The largest absolute Gasteiger partial charge is 0.383 e. The molecule has 5 heteroatoms. The Morgan fingerprint density at radius 3 is 2.50 bits per heavy atom. The molecule has 0 radical (unpaired) electrons. The first-order chi connectivity index (χ1) is 9.65. The van der Waals surface area contributed by atoms with Crippen molar-refractivity contribution in [1.82, 2.24) is 5.32 Å². The van der Waals surface area contributed by atoms with Crippen LogP contribution in [-0.2, 0) is 11.2 Å². The van der Waals surface area contributed by atoms with Crippen molar-refractivity contribution in [2.75, 3.05) is 26.8 Å². The molecule has 0 amide bonds. The summed E-state index contributed by atoms with van der Waals surface area (Å²) in [4.78, 5) is 0. The second kappa shape index (κ2) is 10.1. The Kier molecular flexibility index (Phi) is 8.74. The van der Waals surface area contributed by atoms with Gasteiger partial charge in [-0.3, -0.25) is 0 Å². The number of benzene rings is 1. The van der Waals surface area contributed by atoms with Crippen molar-refractivity contribution in [3.8, 4) is 0 Å². The molecule has 0 aliphatic heterocycles. The summed E-state index contributed by atoms with van der Waals surface area (Å²) in [5.41, 5.74) is 0.684. The Labute approximate surface area is 124 Å². The molecule has 114 valence electrons. The van der Waals surface area contributed by atoms with Crippen LogP contribution < -0.4 is 5.32 Å². The fourth-order valence-electron chi connectivity index (χ4n) is 1.97. The highest BCUT2D eigenvalue weighted by atomic mass is 35.5. The number of rotatable bonds is 10. The Balaban J connectivity index is 2.11. The van der Waals surface area contributed by atoms with E-state index < -0.39 is 11.6 Å². The maximum absolute atomic E-state index is 13.1. The minimum absolute atomic E-state index is 0.310. The first-order valence-electron chi connectivity index (χ1n) is 6.98. The van der Waals surface area contributed by atoms with Crippen molar-refractivity contribution in [3.63, 3.8) is 0 Å². The maximum Gasteiger partial charge on any atom is 0.160 e. The summed E-state index contributed by atoms with van der Waals surface area (Å²) in [6, 6.07) is 2.25. The van der Waals surface area contributed by atoms with Gasteiger partial charge in [-0.1, -0.05) is 24.4 Å². The molecule has 0 spiro atoms. The van der Waals surface area contributed by atoms with Gasteiger partial charge in [0.05, 0.1) is 6.61 Å². The van der Waals surface area contributed by atoms with Crippen LogP contribution in [0.15, 0.2) is 12.1 Å². The number of hydrogen-bond donors (Lipinski definition) is 1. The Hall–Kier alpha value is -0.710. The zero-order valence-corrected chi connectivity index (χ0v) is 12.6. The molecular formula is C15H22ClF2NO. The van der Waals surface area contributed by atoms with E-state index in [1.807, 2.05) is 0 Å². The van der Waals surface area contributed by atoms with E-state index in [0.717, 1.165) is 51.4 Å². The molecule has 0 bridgehead atoms. The van der Waals surface area contributed by atoms with Crippen LogP contribution in [0, 0.1) is 11.6 Å². The van der Waals surface area contributed by atoms with Crippen molar-refractivity contribution in [2.24, 2.45) is 0 Å². The maximum atomic E-state index is 13.1. The number of methoxy groups -OCH3 is 1. The summed E-state index contributed by atoms with van der Waals surface area (Å²) in [7, 11) is 1.69. The topological polar surface area (TPSA) is 21.3 Å². The zero-order valence-electron chi connectivity index (χ0n) is 11.9. The molecule has 0 atom stereocenters. The lowest BCUT2D eigenvalue weighted by Crippen LogP contribution is -2.20. The van der Waals surface area contributed by atoms with Gasteiger partial charge in [-0.25, -0.2) is 8.78 Å². The lowest BCUT2D eigenvalue weighted by atomic mass is 10.1. The number of aryl methyl sites for hydroxylation is 1. The highest BCUT2D eigenvalue weighted by Gasteiger charge is 2.07. The first-order valence-corrected chi connectivity index (χ1v) is 7.36. The summed E-state index contributed by atoms with van der Waals surface area (Å²) in [6.45, 7) is 2.59. The Morgan fingerprint density at radius 1 is 1.05 bits per heavy atom. The third kappa shape index (κ3) is 6.64. The van der Waals surface area contributed by atoms with Crippen LogP contribution >= 0.6 is 11.6 Å². The van der Waals surface area contributed by atoms with E-state index in [1.165, 1.54) is 6.07 Å². The SMILES string of the molecule is COCCNCCCCCCc1cc(F)c(F)cc1Cl. The molecule has 1 aromatic rings. The average Bonchev–Trinajstić information content (AvgIpc) is 2.42. The minimum atomic E-state index is -0.888. The lowest BCUT2D eigenvalue weighted by Gasteiger charge is -2.06. The molecule has 0 aliphatic carbocycles. The summed E-state index contributed by atoms with van der Waals surface area (Å²) in [6.07, 6.45) is 4.90. The molecule has 0 fully saturated rings. The van der Waals surface area contributed by atoms with Gasteiger partial charge < -0.3 is 10.1 Å². The van der Waals surface area contributed by atoms with Gasteiger partial charge in [-0.2, -0.15) is 0 Å². The van der Waals surface area contributed by atoms with E-state index in [2.05, 4.69) is 5.32 Å². The van der Waals surface area contributed by atoms with Gasteiger partial charge in [0, 0.05) is 18.7 Å². The quantitative estimate of drug-likeness (QED) is 0.522. The van der Waals surface area contributed by atoms with Crippen molar-refractivity contribution >= 4 is 11.6 Å². The molecule has 0 unspecified atom stereocenters. The molecule has 20 heavy (non-hydrogen) atoms. The highest BCUT2D eigenvalue weighted by molar-refractivity contribution is 6.31. The number of nitrogens with one attached hydrogen (secondary N) is 1. The van der Waals surface area contributed by atoms with Gasteiger partial charge in [0.25, 0.3) is 0 Å². The standard InChI is InChI=1S/C15H22ClF2NO/c1-20-9-8-19-7-5-3-2-4-6-12-10-14(17)15(18)11-13(12)16/h10-11,19H,2-9H2,1H3. The van der Waals surface area contributed by atoms with Crippen LogP contribution in [0.1, 0.15) is 31.2 Å². The number of ether oxygens (including phenoxy) is 1. The molecule has 0 saturated carbocycles. The van der Waals surface area contributed by atoms with Crippen LogP contribution in [0.4, 0.5) is 8.78 Å². The van der Waals surface area contributed by atoms with Crippen molar-refractivity contribution in [2.45, 2.75) is 32.1 Å². The van der Waals surface area contributed by atoms with E-state index in [9.17, 15) is 8.78 Å². The summed E-state index contributed by atoms with van der Waals surface area (Å²) in [5, 5.41) is 3.59. The van der Waals surface area contributed by atoms with E-state index in [1.54, 1.807) is 7.11 Å². The molecule has 2 nitrogen and oxygen atoms in total. The molecule has 1 aromatic carbocycles. The van der Waals surface area contributed by atoms with E-state index in [4.69, 9.17) is 16.3 Å². The number of hydrogen-bond acceptors (Lipinski definition) is 2. The fourth-order valence-corrected chi connectivity index (χ4v) is 2.22.